The molecule has 1 amide bonds. The molecule has 4 nitrogen and oxygen atoms in total. The van der Waals surface area contributed by atoms with Crippen molar-refractivity contribution in [1.82, 2.24) is 0 Å². The molecule has 1 heterocycles. The molecule has 1 aromatic rings. The van der Waals surface area contributed by atoms with E-state index in [-0.39, 0.29) is 24.9 Å². The summed E-state index contributed by atoms with van der Waals surface area (Å²) in [6, 6.07) is 3.41. The van der Waals surface area contributed by atoms with Gasteiger partial charge in [-0.3, -0.25) is 4.79 Å². The standard InChI is InChI=1S/C11H12ClNO3/c1-16-10-3-7-6(5-14)2-11(15)13-9(7)4-8(10)12/h3-4,6,14H,2,5H2,1H3,(H,13,15). The molecule has 86 valence electrons. The molecule has 0 bridgehead atoms. The van der Waals surface area contributed by atoms with E-state index < -0.39 is 0 Å². The van der Waals surface area contributed by atoms with Gasteiger partial charge in [0.15, 0.2) is 0 Å². The molecule has 1 unspecified atom stereocenters. The van der Waals surface area contributed by atoms with Crippen LogP contribution in [0.5, 0.6) is 5.75 Å². The Labute approximate surface area is 98.2 Å². The third-order valence-electron chi connectivity index (χ3n) is 2.69. The first-order chi connectivity index (χ1) is 7.65. The summed E-state index contributed by atoms with van der Waals surface area (Å²) in [7, 11) is 1.53. The van der Waals surface area contributed by atoms with E-state index in [1.54, 1.807) is 12.1 Å². The van der Waals surface area contributed by atoms with Crippen LogP contribution in [-0.4, -0.2) is 24.7 Å². The fourth-order valence-electron chi connectivity index (χ4n) is 1.87. The van der Waals surface area contributed by atoms with Gasteiger partial charge in [0.2, 0.25) is 5.91 Å². The van der Waals surface area contributed by atoms with Crippen molar-refractivity contribution in [2.24, 2.45) is 0 Å². The smallest absolute Gasteiger partial charge is 0.225 e. The number of hydrogen-bond donors (Lipinski definition) is 2. The number of carbonyl (C=O) groups is 1. The zero-order valence-electron chi connectivity index (χ0n) is 8.79. The molecule has 0 aliphatic carbocycles. The molecule has 0 radical (unpaired) electrons. The summed E-state index contributed by atoms with van der Waals surface area (Å²) >= 11 is 5.96. The summed E-state index contributed by atoms with van der Waals surface area (Å²) in [5.41, 5.74) is 1.52. The molecular weight excluding hydrogens is 230 g/mol. The van der Waals surface area contributed by atoms with E-state index in [0.717, 1.165) is 5.56 Å². The molecule has 16 heavy (non-hydrogen) atoms. The Balaban J connectivity index is 2.50. The van der Waals surface area contributed by atoms with E-state index in [9.17, 15) is 9.90 Å². The molecule has 1 aliphatic heterocycles. The van der Waals surface area contributed by atoms with Gasteiger partial charge in [-0.15, -0.1) is 0 Å². The maximum absolute atomic E-state index is 11.4. The zero-order chi connectivity index (χ0) is 11.7. The minimum Gasteiger partial charge on any atom is -0.495 e. The highest BCUT2D eigenvalue weighted by Crippen LogP contribution is 2.38. The fourth-order valence-corrected chi connectivity index (χ4v) is 2.11. The Hall–Kier alpha value is -1.26. The Kier molecular flexibility index (Phi) is 3.03. The lowest BCUT2D eigenvalue weighted by atomic mass is 9.91. The first-order valence-electron chi connectivity index (χ1n) is 4.94. The molecule has 0 fully saturated rings. The lowest BCUT2D eigenvalue weighted by Gasteiger charge is -2.25. The van der Waals surface area contributed by atoms with Crippen LogP contribution in [-0.2, 0) is 4.79 Å². The maximum atomic E-state index is 11.4. The molecule has 2 N–H and O–H groups in total. The highest BCUT2D eigenvalue weighted by molar-refractivity contribution is 6.32. The summed E-state index contributed by atoms with van der Waals surface area (Å²) < 4.78 is 5.10. The van der Waals surface area contributed by atoms with Crippen molar-refractivity contribution in [2.45, 2.75) is 12.3 Å². The second-order valence-electron chi connectivity index (χ2n) is 3.71. The summed E-state index contributed by atoms with van der Waals surface area (Å²) in [4.78, 5) is 11.4. The van der Waals surface area contributed by atoms with Gasteiger partial charge in [-0.25, -0.2) is 0 Å². The van der Waals surface area contributed by atoms with E-state index >= 15 is 0 Å². The largest absolute Gasteiger partial charge is 0.495 e. The van der Waals surface area contributed by atoms with Crippen LogP contribution < -0.4 is 10.1 Å². The van der Waals surface area contributed by atoms with E-state index in [1.807, 2.05) is 0 Å². The number of fused-ring (bicyclic) bond motifs is 1. The number of nitrogens with one attached hydrogen (secondary N) is 1. The average molecular weight is 242 g/mol. The van der Waals surface area contributed by atoms with Gasteiger partial charge in [-0.1, -0.05) is 11.6 Å². The molecule has 1 atom stereocenters. The third-order valence-corrected chi connectivity index (χ3v) is 2.99. The van der Waals surface area contributed by atoms with Crippen LogP contribution in [0.1, 0.15) is 17.9 Å². The van der Waals surface area contributed by atoms with Gasteiger partial charge >= 0.3 is 0 Å². The highest BCUT2D eigenvalue weighted by atomic mass is 35.5. The highest BCUT2D eigenvalue weighted by Gasteiger charge is 2.25. The number of carbonyl (C=O) groups excluding carboxylic acids is 1. The van der Waals surface area contributed by atoms with Crippen molar-refractivity contribution in [1.29, 1.82) is 0 Å². The monoisotopic (exact) mass is 241 g/mol. The first-order valence-corrected chi connectivity index (χ1v) is 5.31. The number of anilines is 1. The Morgan fingerprint density at radius 2 is 2.38 bits per heavy atom. The summed E-state index contributed by atoms with van der Waals surface area (Å²) in [5, 5.41) is 12.4. The van der Waals surface area contributed by atoms with E-state index in [0.29, 0.717) is 16.5 Å². The van der Waals surface area contributed by atoms with E-state index in [4.69, 9.17) is 16.3 Å². The number of halogens is 1. The SMILES string of the molecule is COc1cc2c(cc1Cl)NC(=O)CC2CO. The van der Waals surface area contributed by atoms with Crippen LogP contribution in [0.4, 0.5) is 5.69 Å². The van der Waals surface area contributed by atoms with Gasteiger partial charge < -0.3 is 15.2 Å². The minimum absolute atomic E-state index is 0.0643. The number of methoxy groups -OCH3 is 1. The Morgan fingerprint density at radius 1 is 1.62 bits per heavy atom. The molecule has 5 heteroatoms. The van der Waals surface area contributed by atoms with Crippen molar-refractivity contribution in [3.05, 3.63) is 22.7 Å². The molecule has 1 aliphatic rings. The number of benzene rings is 1. The van der Waals surface area contributed by atoms with Gasteiger partial charge in [0.05, 0.1) is 18.7 Å². The quantitative estimate of drug-likeness (QED) is 0.830. The van der Waals surface area contributed by atoms with Crippen LogP contribution in [0.2, 0.25) is 5.02 Å². The average Bonchev–Trinajstić information content (AvgIpc) is 2.26. The molecule has 0 spiro atoms. The van der Waals surface area contributed by atoms with Gasteiger partial charge in [-0.05, 0) is 17.7 Å². The first kappa shape index (κ1) is 11.2. The number of hydrogen-bond acceptors (Lipinski definition) is 3. The fraction of sp³-hybridized carbons (Fsp3) is 0.364. The Bertz CT molecular complexity index is 433. The van der Waals surface area contributed by atoms with Crippen LogP contribution in [0, 0.1) is 0 Å². The number of ether oxygens (including phenoxy) is 1. The van der Waals surface area contributed by atoms with Crippen molar-refractivity contribution >= 4 is 23.2 Å². The lowest BCUT2D eigenvalue weighted by Crippen LogP contribution is -2.24. The van der Waals surface area contributed by atoms with E-state index in [1.165, 1.54) is 7.11 Å². The predicted octanol–water partition coefficient (Wildman–Crippen LogP) is 1.77. The summed E-state index contributed by atoms with van der Waals surface area (Å²) in [6.45, 7) is -0.0643. The summed E-state index contributed by atoms with van der Waals surface area (Å²) in [6.07, 6.45) is 0.286. The number of aliphatic hydroxyl groups excluding tert-OH is 1. The molecule has 0 aromatic heterocycles. The zero-order valence-corrected chi connectivity index (χ0v) is 9.54. The third kappa shape index (κ3) is 1.86. The van der Waals surface area contributed by atoms with Crippen LogP contribution in [0.25, 0.3) is 0 Å². The van der Waals surface area contributed by atoms with Crippen LogP contribution in [0.15, 0.2) is 12.1 Å². The number of rotatable bonds is 2. The van der Waals surface area contributed by atoms with Crippen molar-refractivity contribution in [3.63, 3.8) is 0 Å². The lowest BCUT2D eigenvalue weighted by molar-refractivity contribution is -0.117. The van der Waals surface area contributed by atoms with Crippen molar-refractivity contribution < 1.29 is 14.6 Å². The van der Waals surface area contributed by atoms with Crippen LogP contribution >= 0.6 is 11.6 Å². The predicted molar refractivity (Wildman–Crippen MR) is 61.1 cm³/mol. The van der Waals surface area contributed by atoms with Gasteiger partial charge in [0, 0.05) is 18.0 Å². The van der Waals surface area contributed by atoms with Gasteiger partial charge in [0.1, 0.15) is 5.75 Å². The van der Waals surface area contributed by atoms with E-state index in [2.05, 4.69) is 5.32 Å². The minimum atomic E-state index is -0.185. The molecule has 0 saturated heterocycles. The van der Waals surface area contributed by atoms with Crippen molar-refractivity contribution in [2.75, 3.05) is 19.0 Å². The second kappa shape index (κ2) is 4.31. The molecule has 2 rings (SSSR count). The molecular formula is C11H12ClNO3. The van der Waals surface area contributed by atoms with Crippen molar-refractivity contribution in [3.8, 4) is 5.75 Å². The van der Waals surface area contributed by atoms with Gasteiger partial charge in [-0.2, -0.15) is 0 Å². The number of aliphatic hydroxyl groups is 1. The topological polar surface area (TPSA) is 58.6 Å². The molecule has 1 aromatic carbocycles. The van der Waals surface area contributed by atoms with Gasteiger partial charge in [0.25, 0.3) is 0 Å². The summed E-state index contributed by atoms with van der Waals surface area (Å²) in [5.74, 6) is 0.262. The maximum Gasteiger partial charge on any atom is 0.225 e. The Morgan fingerprint density at radius 3 is 3.00 bits per heavy atom. The molecule has 0 saturated carbocycles. The van der Waals surface area contributed by atoms with Crippen LogP contribution in [0.3, 0.4) is 0 Å². The normalized spacial score (nSPS) is 18.9. The second-order valence-corrected chi connectivity index (χ2v) is 4.11. The number of amides is 1.